The van der Waals surface area contributed by atoms with Crippen LogP contribution in [0.1, 0.15) is 57.5 Å². The molecule has 1 heterocycles. The van der Waals surface area contributed by atoms with Gasteiger partial charge in [-0.3, -0.25) is 4.79 Å². The number of carbonyl (C=O) groups is 1. The molecule has 5 nitrogen and oxygen atoms in total. The number of hydrogen-bond donors (Lipinski definition) is 1. The first kappa shape index (κ1) is 21.6. The number of aromatic nitrogens is 2. The molecule has 1 amide bonds. The van der Waals surface area contributed by atoms with Crippen LogP contribution in [0.15, 0.2) is 60.7 Å². The predicted molar refractivity (Wildman–Crippen MR) is 122 cm³/mol. The summed E-state index contributed by atoms with van der Waals surface area (Å²) in [5.74, 6) is 2.05. The average molecular weight is 406 g/mol. The summed E-state index contributed by atoms with van der Waals surface area (Å²) < 4.78 is 8.27. The van der Waals surface area contributed by atoms with Gasteiger partial charge in [-0.1, -0.05) is 50.8 Å². The second kappa shape index (κ2) is 9.61. The molecule has 1 atom stereocenters. The van der Waals surface area contributed by atoms with Crippen LogP contribution in [-0.4, -0.2) is 22.1 Å². The van der Waals surface area contributed by atoms with Gasteiger partial charge in [0.15, 0.2) is 0 Å². The molecule has 3 rings (SSSR count). The first-order valence-electron chi connectivity index (χ1n) is 10.5. The molecule has 0 aliphatic rings. The lowest BCUT2D eigenvalue weighted by atomic mass is 10.0. The number of ether oxygens (including phenoxy) is 1. The van der Waals surface area contributed by atoms with E-state index in [0.29, 0.717) is 18.1 Å². The van der Waals surface area contributed by atoms with Gasteiger partial charge in [-0.05, 0) is 49.9 Å². The van der Waals surface area contributed by atoms with Crippen LogP contribution in [-0.2, 0) is 11.3 Å². The van der Waals surface area contributed by atoms with E-state index in [2.05, 4.69) is 42.4 Å². The standard InChI is InChI=1S/C25H31N3O2/c1-17(2)20-11-6-9-14-23(20)30-16-10-15-28-22-13-8-7-12-21(22)27-24(28)19(5)26-25(29)18(3)4/h6-9,11-14,17,19H,3,10,15-16H2,1-2,4-5H3,(H,26,29). The lowest BCUT2D eigenvalue weighted by molar-refractivity contribution is -0.118. The Kier molecular flexibility index (Phi) is 6.93. The van der Waals surface area contributed by atoms with E-state index in [1.165, 1.54) is 5.56 Å². The molecule has 0 aliphatic carbocycles. The zero-order valence-electron chi connectivity index (χ0n) is 18.3. The van der Waals surface area contributed by atoms with Crippen LogP contribution in [0.25, 0.3) is 11.0 Å². The van der Waals surface area contributed by atoms with E-state index in [-0.39, 0.29) is 11.9 Å². The molecule has 2 aromatic carbocycles. The molecule has 1 aromatic heterocycles. The zero-order chi connectivity index (χ0) is 21.7. The zero-order valence-corrected chi connectivity index (χ0v) is 18.3. The molecule has 1 N–H and O–H groups in total. The lowest BCUT2D eigenvalue weighted by Crippen LogP contribution is -2.29. The number of hydrogen-bond acceptors (Lipinski definition) is 3. The van der Waals surface area contributed by atoms with Gasteiger partial charge < -0.3 is 14.6 Å². The van der Waals surface area contributed by atoms with E-state index < -0.39 is 0 Å². The Morgan fingerprint density at radius 1 is 1.13 bits per heavy atom. The Hall–Kier alpha value is -3.08. The van der Waals surface area contributed by atoms with Gasteiger partial charge >= 0.3 is 0 Å². The highest BCUT2D eigenvalue weighted by atomic mass is 16.5. The maximum absolute atomic E-state index is 12.1. The van der Waals surface area contributed by atoms with Gasteiger partial charge in [0.2, 0.25) is 5.91 Å². The van der Waals surface area contributed by atoms with Crippen LogP contribution < -0.4 is 10.1 Å². The van der Waals surface area contributed by atoms with Crippen molar-refractivity contribution in [3.05, 3.63) is 72.1 Å². The molecular weight excluding hydrogens is 374 g/mol. The topological polar surface area (TPSA) is 56.2 Å². The fraction of sp³-hybridized carbons (Fsp3) is 0.360. The number of nitrogens with zero attached hydrogens (tertiary/aromatic N) is 2. The number of para-hydroxylation sites is 3. The molecule has 1 unspecified atom stereocenters. The predicted octanol–water partition coefficient (Wildman–Crippen LogP) is 5.38. The third-order valence-corrected chi connectivity index (χ3v) is 5.13. The number of aryl methyl sites for hydroxylation is 1. The molecule has 0 bridgehead atoms. The minimum atomic E-state index is -0.218. The van der Waals surface area contributed by atoms with E-state index >= 15 is 0 Å². The molecule has 3 aromatic rings. The van der Waals surface area contributed by atoms with Crippen molar-refractivity contribution < 1.29 is 9.53 Å². The molecule has 30 heavy (non-hydrogen) atoms. The Morgan fingerprint density at radius 2 is 1.83 bits per heavy atom. The van der Waals surface area contributed by atoms with Crippen molar-refractivity contribution in [2.45, 2.75) is 52.6 Å². The minimum Gasteiger partial charge on any atom is -0.493 e. The molecule has 0 saturated carbocycles. The van der Waals surface area contributed by atoms with Crippen molar-refractivity contribution in [2.75, 3.05) is 6.61 Å². The maximum atomic E-state index is 12.1. The van der Waals surface area contributed by atoms with Crippen LogP contribution in [0, 0.1) is 0 Å². The van der Waals surface area contributed by atoms with Crippen molar-refractivity contribution in [1.82, 2.24) is 14.9 Å². The number of nitrogens with one attached hydrogen (secondary N) is 1. The Labute approximate surface area is 178 Å². The number of imidazole rings is 1. The number of carbonyl (C=O) groups excluding carboxylic acids is 1. The van der Waals surface area contributed by atoms with E-state index in [4.69, 9.17) is 9.72 Å². The van der Waals surface area contributed by atoms with Crippen LogP contribution in [0.5, 0.6) is 5.75 Å². The van der Waals surface area contributed by atoms with Gasteiger partial charge in [-0.2, -0.15) is 0 Å². The monoisotopic (exact) mass is 405 g/mol. The highest BCUT2D eigenvalue weighted by Gasteiger charge is 2.18. The number of benzene rings is 2. The van der Waals surface area contributed by atoms with Crippen molar-refractivity contribution in [1.29, 1.82) is 0 Å². The maximum Gasteiger partial charge on any atom is 0.246 e. The fourth-order valence-corrected chi connectivity index (χ4v) is 3.54. The van der Waals surface area contributed by atoms with Gasteiger partial charge in [0, 0.05) is 12.1 Å². The second-order valence-corrected chi connectivity index (χ2v) is 7.98. The molecule has 5 heteroatoms. The highest BCUT2D eigenvalue weighted by Crippen LogP contribution is 2.26. The van der Waals surface area contributed by atoms with E-state index in [9.17, 15) is 4.79 Å². The van der Waals surface area contributed by atoms with E-state index in [0.717, 1.165) is 35.6 Å². The molecular formula is C25H31N3O2. The van der Waals surface area contributed by atoms with E-state index in [1.54, 1.807) is 6.92 Å². The SMILES string of the molecule is C=C(C)C(=O)NC(C)c1nc2ccccc2n1CCCOc1ccccc1C(C)C. The normalized spacial score (nSPS) is 12.2. The molecule has 0 fully saturated rings. The van der Waals surface area contributed by atoms with Crippen LogP contribution in [0.4, 0.5) is 0 Å². The van der Waals surface area contributed by atoms with Crippen LogP contribution >= 0.6 is 0 Å². The van der Waals surface area contributed by atoms with Crippen molar-refractivity contribution in [2.24, 2.45) is 0 Å². The summed E-state index contributed by atoms with van der Waals surface area (Å²) in [4.78, 5) is 16.9. The summed E-state index contributed by atoms with van der Waals surface area (Å²) in [5, 5.41) is 2.98. The molecule has 0 aliphatic heterocycles. The van der Waals surface area contributed by atoms with Crippen LogP contribution in [0.2, 0.25) is 0 Å². The number of rotatable bonds is 9. The van der Waals surface area contributed by atoms with E-state index in [1.807, 2.05) is 43.3 Å². The quantitative estimate of drug-likeness (QED) is 0.384. The summed E-state index contributed by atoms with van der Waals surface area (Å²) >= 11 is 0. The Morgan fingerprint density at radius 3 is 2.57 bits per heavy atom. The minimum absolute atomic E-state index is 0.158. The first-order valence-corrected chi connectivity index (χ1v) is 10.5. The van der Waals surface area contributed by atoms with Crippen molar-refractivity contribution >= 4 is 16.9 Å². The van der Waals surface area contributed by atoms with Crippen LogP contribution in [0.3, 0.4) is 0 Å². The number of amides is 1. The Bertz CT molecular complexity index is 1040. The fourth-order valence-electron chi connectivity index (χ4n) is 3.54. The highest BCUT2D eigenvalue weighted by molar-refractivity contribution is 5.92. The lowest BCUT2D eigenvalue weighted by Gasteiger charge is -2.17. The summed E-state index contributed by atoms with van der Waals surface area (Å²) in [6.45, 7) is 13.1. The molecule has 0 saturated heterocycles. The largest absolute Gasteiger partial charge is 0.493 e. The number of fused-ring (bicyclic) bond motifs is 1. The van der Waals surface area contributed by atoms with Gasteiger partial charge in [-0.25, -0.2) is 4.98 Å². The first-order chi connectivity index (χ1) is 14.4. The third-order valence-electron chi connectivity index (χ3n) is 5.13. The van der Waals surface area contributed by atoms with Gasteiger partial charge in [0.25, 0.3) is 0 Å². The van der Waals surface area contributed by atoms with Crippen molar-refractivity contribution in [3.63, 3.8) is 0 Å². The second-order valence-electron chi connectivity index (χ2n) is 7.98. The van der Waals surface area contributed by atoms with Gasteiger partial charge in [0.1, 0.15) is 11.6 Å². The summed E-state index contributed by atoms with van der Waals surface area (Å²) in [7, 11) is 0. The summed E-state index contributed by atoms with van der Waals surface area (Å²) in [6, 6.07) is 16.0. The molecule has 0 spiro atoms. The van der Waals surface area contributed by atoms with Gasteiger partial charge in [0.05, 0.1) is 23.7 Å². The Balaban J connectivity index is 1.74. The summed E-state index contributed by atoms with van der Waals surface area (Å²) in [6.07, 6.45) is 0.834. The molecule has 158 valence electrons. The van der Waals surface area contributed by atoms with Gasteiger partial charge in [-0.15, -0.1) is 0 Å². The molecule has 0 radical (unpaired) electrons. The van der Waals surface area contributed by atoms with Crippen molar-refractivity contribution in [3.8, 4) is 5.75 Å². The smallest absolute Gasteiger partial charge is 0.246 e. The third kappa shape index (κ3) is 4.90. The summed E-state index contributed by atoms with van der Waals surface area (Å²) in [5.41, 5.74) is 3.70. The average Bonchev–Trinajstić information content (AvgIpc) is 3.10.